The Morgan fingerprint density at radius 2 is 1.94 bits per heavy atom. The average Bonchev–Trinajstić information content (AvgIpc) is 3.16. The molecule has 0 saturated carbocycles. The molecule has 6 nitrogen and oxygen atoms in total. The maximum atomic E-state index is 11.6. The van der Waals surface area contributed by atoms with Crippen molar-refractivity contribution in [2.75, 3.05) is 23.8 Å². The monoisotopic (exact) mass is 463 g/mol. The summed E-state index contributed by atoms with van der Waals surface area (Å²) in [6.45, 7) is 8.49. The third kappa shape index (κ3) is 5.20. The van der Waals surface area contributed by atoms with Gasteiger partial charge < -0.3 is 15.0 Å². The molecule has 0 unspecified atom stereocenters. The first-order valence-electron chi connectivity index (χ1n) is 11.1. The van der Waals surface area contributed by atoms with Gasteiger partial charge in [0.15, 0.2) is 10.6 Å². The van der Waals surface area contributed by atoms with Crippen LogP contribution in [0.15, 0.2) is 41.2 Å². The first-order chi connectivity index (χ1) is 15.9. The molecule has 0 fully saturated rings. The number of fused-ring (bicyclic) bond motifs is 2. The van der Waals surface area contributed by atoms with Crippen molar-refractivity contribution in [3.8, 4) is 11.3 Å². The molecular weight excluding hydrogens is 434 g/mol. The zero-order valence-corrected chi connectivity index (χ0v) is 20.5. The molecule has 33 heavy (non-hydrogen) atoms. The Labute approximate surface area is 198 Å². The van der Waals surface area contributed by atoms with Crippen molar-refractivity contribution in [2.45, 2.75) is 40.5 Å². The van der Waals surface area contributed by atoms with Crippen molar-refractivity contribution in [2.24, 2.45) is 0 Å². The van der Waals surface area contributed by atoms with Crippen LogP contribution in [0.3, 0.4) is 0 Å². The number of rotatable bonds is 4. The highest BCUT2D eigenvalue weighted by molar-refractivity contribution is 7.15. The summed E-state index contributed by atoms with van der Waals surface area (Å²) in [5.74, 6) is 0.110. The standard InChI is InChI=1S/C15H17N3OS.C9H6O2.C2H6/c1-9-14(17-15(16-3)20-9)12-4-5-13-11(8-12)6-7-18(13)10(2)19;10-4-3-6-1-2-7-8(5-6)9(7)11;1-2/h4-5,8H,6-7H2,1-3H3,(H,16,17);1-2,4-5H,3H2;1-2H3. The molecule has 1 amide bonds. The summed E-state index contributed by atoms with van der Waals surface area (Å²) < 4.78 is 0. The van der Waals surface area contributed by atoms with Crippen LogP contribution in [0.4, 0.5) is 10.8 Å². The minimum Gasteiger partial charge on any atom is -0.365 e. The van der Waals surface area contributed by atoms with Gasteiger partial charge in [0.2, 0.25) is 5.91 Å². The molecule has 0 aliphatic carbocycles. The minimum atomic E-state index is 0.110. The maximum Gasteiger partial charge on any atom is 0.223 e. The van der Waals surface area contributed by atoms with E-state index < -0.39 is 0 Å². The second-order valence-electron chi connectivity index (χ2n) is 7.52. The van der Waals surface area contributed by atoms with Gasteiger partial charge in [-0.05, 0) is 42.7 Å². The largest absolute Gasteiger partial charge is 0.365 e. The molecule has 1 aromatic heterocycles. The number of nitrogens with one attached hydrogen (secondary N) is 1. The molecule has 0 spiro atoms. The molecule has 1 aliphatic rings. The second kappa shape index (κ2) is 10.5. The Morgan fingerprint density at radius 3 is 2.55 bits per heavy atom. The molecule has 172 valence electrons. The van der Waals surface area contributed by atoms with Crippen molar-refractivity contribution in [1.29, 1.82) is 0 Å². The summed E-state index contributed by atoms with van der Waals surface area (Å²) in [5, 5.41) is 5.61. The van der Waals surface area contributed by atoms with Gasteiger partial charge in [-0.2, -0.15) is 0 Å². The number of thiazole rings is 1. The molecule has 1 aliphatic heterocycles. The summed E-state index contributed by atoms with van der Waals surface area (Å²) in [6, 6.07) is 11.6. The molecular formula is C26H29N3O3S. The van der Waals surface area contributed by atoms with Gasteiger partial charge in [0, 0.05) is 53.8 Å². The highest BCUT2D eigenvalue weighted by Gasteiger charge is 2.23. The van der Waals surface area contributed by atoms with Gasteiger partial charge in [-0.15, -0.1) is 11.3 Å². The normalized spacial score (nSPS) is 12.0. The summed E-state index contributed by atoms with van der Waals surface area (Å²) in [7, 11) is 1.88. The zero-order valence-electron chi connectivity index (χ0n) is 19.7. The lowest BCUT2D eigenvalue weighted by Crippen LogP contribution is -2.25. The van der Waals surface area contributed by atoms with Crippen LogP contribution >= 0.6 is 11.3 Å². The highest BCUT2D eigenvalue weighted by atomic mass is 32.1. The molecule has 0 bridgehead atoms. The molecule has 0 saturated heterocycles. The van der Waals surface area contributed by atoms with E-state index in [1.54, 1.807) is 30.4 Å². The van der Waals surface area contributed by atoms with E-state index in [1.165, 1.54) is 10.4 Å². The number of anilines is 2. The lowest BCUT2D eigenvalue weighted by molar-refractivity contribution is -0.116. The number of amides is 1. The molecule has 3 aromatic carbocycles. The van der Waals surface area contributed by atoms with Crippen LogP contribution in [0.1, 0.15) is 36.8 Å². The van der Waals surface area contributed by atoms with Gasteiger partial charge in [-0.1, -0.05) is 32.0 Å². The van der Waals surface area contributed by atoms with Crippen LogP contribution in [0.2, 0.25) is 0 Å². The summed E-state index contributed by atoms with van der Waals surface area (Å²) in [4.78, 5) is 40.1. The Bertz CT molecular complexity index is 1300. The molecule has 4 aromatic rings. The predicted octanol–water partition coefficient (Wildman–Crippen LogP) is 4.91. The first-order valence-corrected chi connectivity index (χ1v) is 11.9. The van der Waals surface area contributed by atoms with E-state index in [2.05, 4.69) is 29.4 Å². The Balaban J connectivity index is 0.000000199. The number of benzene rings is 2. The van der Waals surface area contributed by atoms with E-state index in [-0.39, 0.29) is 11.3 Å². The summed E-state index contributed by atoms with van der Waals surface area (Å²) in [5.41, 5.74) is 5.48. The molecule has 1 N–H and O–H groups in total. The number of hydrogen-bond donors (Lipinski definition) is 1. The lowest BCUT2D eigenvalue weighted by atomic mass is 10.1. The molecule has 0 radical (unpaired) electrons. The van der Waals surface area contributed by atoms with Crippen LogP contribution < -0.4 is 15.6 Å². The Morgan fingerprint density at radius 1 is 1.18 bits per heavy atom. The third-order valence-electron chi connectivity index (χ3n) is 5.47. The maximum absolute atomic E-state index is 11.6. The van der Waals surface area contributed by atoms with Gasteiger partial charge in [0.25, 0.3) is 0 Å². The predicted molar refractivity (Wildman–Crippen MR) is 137 cm³/mol. The van der Waals surface area contributed by atoms with Crippen LogP contribution in [0.25, 0.3) is 22.0 Å². The Kier molecular flexibility index (Phi) is 7.76. The number of hydrogen-bond acceptors (Lipinski definition) is 6. The van der Waals surface area contributed by atoms with E-state index in [0.29, 0.717) is 6.42 Å². The van der Waals surface area contributed by atoms with E-state index in [4.69, 9.17) is 0 Å². The number of aryl methyl sites for hydroxylation is 1. The quantitative estimate of drug-likeness (QED) is 0.435. The smallest absolute Gasteiger partial charge is 0.223 e. The minimum absolute atomic E-state index is 0.110. The van der Waals surface area contributed by atoms with E-state index >= 15 is 0 Å². The molecule has 5 rings (SSSR count). The lowest BCUT2D eigenvalue weighted by Gasteiger charge is -2.14. The Hall–Kier alpha value is -3.32. The van der Waals surface area contributed by atoms with Crippen molar-refractivity contribution in [3.05, 3.63) is 62.6 Å². The summed E-state index contributed by atoms with van der Waals surface area (Å²) >= 11 is 1.66. The van der Waals surface area contributed by atoms with Gasteiger partial charge in [-0.25, -0.2) is 4.98 Å². The second-order valence-corrected chi connectivity index (χ2v) is 8.72. The molecule has 7 heteroatoms. The fourth-order valence-electron chi connectivity index (χ4n) is 3.80. The zero-order chi connectivity index (χ0) is 24.1. The van der Waals surface area contributed by atoms with Crippen LogP contribution in [-0.2, 0) is 22.4 Å². The van der Waals surface area contributed by atoms with Gasteiger partial charge >= 0.3 is 0 Å². The highest BCUT2D eigenvalue weighted by Crippen LogP contribution is 2.35. The van der Waals surface area contributed by atoms with Crippen molar-refractivity contribution >= 4 is 45.1 Å². The molecule has 0 atom stereocenters. The van der Waals surface area contributed by atoms with Crippen molar-refractivity contribution < 1.29 is 9.59 Å². The van der Waals surface area contributed by atoms with Crippen molar-refractivity contribution in [3.63, 3.8) is 0 Å². The topological polar surface area (TPSA) is 79.4 Å². The van der Waals surface area contributed by atoms with Gasteiger partial charge in [0.05, 0.1) is 5.69 Å². The van der Waals surface area contributed by atoms with Gasteiger partial charge in [-0.3, -0.25) is 9.59 Å². The summed E-state index contributed by atoms with van der Waals surface area (Å²) in [6.07, 6.45) is 2.17. The van der Waals surface area contributed by atoms with Crippen molar-refractivity contribution in [1.82, 2.24) is 4.98 Å². The average molecular weight is 464 g/mol. The van der Waals surface area contributed by atoms with E-state index in [9.17, 15) is 14.4 Å². The number of carbonyl (C=O) groups excluding carboxylic acids is 2. The van der Waals surface area contributed by atoms with Crippen LogP contribution in [0.5, 0.6) is 0 Å². The molecule has 2 heterocycles. The number of nitrogens with zero attached hydrogens (tertiary/aromatic N) is 2. The fourth-order valence-corrected chi connectivity index (χ4v) is 4.59. The third-order valence-corrected chi connectivity index (χ3v) is 6.46. The van der Waals surface area contributed by atoms with E-state index in [0.717, 1.165) is 57.7 Å². The number of aldehydes is 1. The van der Waals surface area contributed by atoms with Crippen LogP contribution in [0, 0.1) is 6.92 Å². The van der Waals surface area contributed by atoms with Crippen LogP contribution in [-0.4, -0.2) is 30.8 Å². The first kappa shape index (κ1) is 24.3. The van der Waals surface area contributed by atoms with E-state index in [1.807, 2.05) is 37.9 Å². The van der Waals surface area contributed by atoms with Gasteiger partial charge in [0.1, 0.15) is 6.29 Å². The number of carbonyl (C=O) groups is 2. The number of aromatic nitrogens is 1. The fraction of sp³-hybridized carbons (Fsp3) is 0.308. The SMILES string of the molecule is CC.CNc1nc(-c2ccc3c(c2)CCN3C(C)=O)c(C)s1.O=CCc1ccc2c(=O)c2c1.